The van der Waals surface area contributed by atoms with Crippen molar-refractivity contribution in [2.75, 3.05) is 25.6 Å². The van der Waals surface area contributed by atoms with Crippen LogP contribution >= 0.6 is 0 Å². The van der Waals surface area contributed by atoms with Gasteiger partial charge in [0.1, 0.15) is 5.75 Å². The summed E-state index contributed by atoms with van der Waals surface area (Å²) in [5.74, 6) is -1.05. The molecule has 2 amide bonds. The molecule has 1 fully saturated rings. The molecule has 1 N–H and O–H groups in total. The summed E-state index contributed by atoms with van der Waals surface area (Å²) in [5.41, 5.74) is 1.55. The summed E-state index contributed by atoms with van der Waals surface area (Å²) in [6, 6.07) is 16.4. The van der Waals surface area contributed by atoms with Gasteiger partial charge in [0.2, 0.25) is 5.91 Å². The fraction of sp³-hybridized carbons (Fsp3) is 0.318. The van der Waals surface area contributed by atoms with E-state index in [2.05, 4.69) is 5.32 Å². The predicted molar refractivity (Wildman–Crippen MR) is 107 cm³/mol. The van der Waals surface area contributed by atoms with Crippen LogP contribution in [0.4, 0.5) is 5.69 Å². The van der Waals surface area contributed by atoms with Gasteiger partial charge in [-0.2, -0.15) is 0 Å². The molecular formula is C22H24N2O5. The number of likely N-dealkylation sites (tertiary alicyclic amines) is 1. The van der Waals surface area contributed by atoms with E-state index >= 15 is 0 Å². The molecule has 0 spiro atoms. The number of anilines is 1. The first kappa shape index (κ1) is 20.4. The van der Waals surface area contributed by atoms with E-state index in [-0.39, 0.29) is 24.9 Å². The number of nitrogens with zero attached hydrogens (tertiary/aromatic N) is 1. The maximum atomic E-state index is 12.4. The van der Waals surface area contributed by atoms with E-state index in [9.17, 15) is 14.4 Å². The summed E-state index contributed by atoms with van der Waals surface area (Å²) in [5, 5.41) is 2.65. The number of amides is 2. The highest BCUT2D eigenvalue weighted by molar-refractivity contribution is 5.93. The van der Waals surface area contributed by atoms with Gasteiger partial charge in [0.05, 0.1) is 19.1 Å². The highest BCUT2D eigenvalue weighted by atomic mass is 16.5. The van der Waals surface area contributed by atoms with E-state index in [1.54, 1.807) is 29.2 Å². The lowest BCUT2D eigenvalue weighted by molar-refractivity contribution is -0.151. The van der Waals surface area contributed by atoms with Crippen LogP contribution in [-0.4, -0.2) is 42.9 Å². The summed E-state index contributed by atoms with van der Waals surface area (Å²) in [6.45, 7) is 1.81. The lowest BCUT2D eigenvalue weighted by atomic mass is 10.1. The Morgan fingerprint density at radius 1 is 1.17 bits per heavy atom. The highest BCUT2D eigenvalue weighted by Gasteiger charge is 2.38. The number of benzene rings is 2. The molecule has 152 valence electrons. The van der Waals surface area contributed by atoms with Crippen molar-refractivity contribution >= 4 is 23.5 Å². The van der Waals surface area contributed by atoms with Crippen molar-refractivity contribution in [2.24, 2.45) is 5.92 Å². The maximum absolute atomic E-state index is 12.4. The van der Waals surface area contributed by atoms with Gasteiger partial charge in [-0.1, -0.05) is 36.4 Å². The number of esters is 1. The van der Waals surface area contributed by atoms with Crippen molar-refractivity contribution in [3.8, 4) is 5.75 Å². The monoisotopic (exact) mass is 396 g/mol. The summed E-state index contributed by atoms with van der Waals surface area (Å²) in [7, 11) is 1.54. The van der Waals surface area contributed by atoms with Crippen molar-refractivity contribution < 1.29 is 23.9 Å². The molecule has 0 aromatic heterocycles. The molecule has 0 saturated carbocycles. The standard InChI is InChI=1S/C22H24N2O5/c1-15(16-7-4-3-5-8-16)24-13-17(11-21(24)26)22(27)29-14-20(25)23-18-9-6-10-19(12-18)28-2/h3-10,12,15,17H,11,13-14H2,1-2H3,(H,23,25)/t15-,17-/m0/s1. The van der Waals surface area contributed by atoms with Crippen molar-refractivity contribution in [2.45, 2.75) is 19.4 Å². The SMILES string of the molecule is COc1cccc(NC(=O)COC(=O)[C@H]2CC(=O)N([C@@H](C)c3ccccc3)C2)c1. The number of ether oxygens (including phenoxy) is 2. The van der Waals surface area contributed by atoms with E-state index in [1.165, 1.54) is 7.11 Å². The van der Waals surface area contributed by atoms with Gasteiger partial charge in [0.25, 0.3) is 5.91 Å². The smallest absolute Gasteiger partial charge is 0.311 e. The Balaban J connectivity index is 1.50. The molecule has 2 atom stereocenters. The van der Waals surface area contributed by atoms with E-state index < -0.39 is 24.4 Å². The molecule has 2 aromatic rings. The van der Waals surface area contributed by atoms with Crippen LogP contribution in [0.15, 0.2) is 54.6 Å². The average molecular weight is 396 g/mol. The molecule has 29 heavy (non-hydrogen) atoms. The van der Waals surface area contributed by atoms with Crippen LogP contribution in [0.3, 0.4) is 0 Å². The van der Waals surface area contributed by atoms with Crippen LogP contribution in [0, 0.1) is 5.92 Å². The highest BCUT2D eigenvalue weighted by Crippen LogP contribution is 2.29. The first-order chi connectivity index (χ1) is 14.0. The Morgan fingerprint density at radius 2 is 1.93 bits per heavy atom. The van der Waals surface area contributed by atoms with Gasteiger partial charge < -0.3 is 19.7 Å². The van der Waals surface area contributed by atoms with Gasteiger partial charge in [-0.05, 0) is 24.6 Å². The van der Waals surface area contributed by atoms with Crippen molar-refractivity contribution in [1.82, 2.24) is 4.90 Å². The van der Waals surface area contributed by atoms with Crippen LogP contribution in [0.1, 0.15) is 24.9 Å². The Bertz CT molecular complexity index is 884. The van der Waals surface area contributed by atoms with Gasteiger partial charge in [0.15, 0.2) is 6.61 Å². The van der Waals surface area contributed by atoms with E-state index in [1.807, 2.05) is 37.3 Å². The lowest BCUT2D eigenvalue weighted by Gasteiger charge is -2.25. The molecule has 0 unspecified atom stereocenters. The van der Waals surface area contributed by atoms with Crippen molar-refractivity contribution in [3.63, 3.8) is 0 Å². The van der Waals surface area contributed by atoms with Gasteiger partial charge in [0, 0.05) is 24.7 Å². The van der Waals surface area contributed by atoms with Crippen LogP contribution in [-0.2, 0) is 19.1 Å². The third kappa shape index (κ3) is 5.13. The number of methoxy groups -OCH3 is 1. The van der Waals surface area contributed by atoms with Gasteiger partial charge in [-0.25, -0.2) is 0 Å². The fourth-order valence-electron chi connectivity index (χ4n) is 3.33. The molecule has 1 heterocycles. The largest absolute Gasteiger partial charge is 0.497 e. The number of hydrogen-bond donors (Lipinski definition) is 1. The molecule has 0 radical (unpaired) electrons. The number of rotatable bonds is 7. The molecule has 3 rings (SSSR count). The minimum Gasteiger partial charge on any atom is -0.497 e. The average Bonchev–Trinajstić information content (AvgIpc) is 3.14. The summed E-state index contributed by atoms with van der Waals surface area (Å²) in [6.07, 6.45) is 0.0908. The molecular weight excluding hydrogens is 372 g/mol. The molecule has 0 bridgehead atoms. The number of carbonyl (C=O) groups excluding carboxylic acids is 3. The van der Waals surface area contributed by atoms with Crippen molar-refractivity contribution in [3.05, 3.63) is 60.2 Å². The molecule has 7 heteroatoms. The third-order valence-electron chi connectivity index (χ3n) is 4.94. The topological polar surface area (TPSA) is 84.9 Å². The molecule has 7 nitrogen and oxygen atoms in total. The lowest BCUT2D eigenvalue weighted by Crippen LogP contribution is -2.30. The van der Waals surface area contributed by atoms with Crippen molar-refractivity contribution in [1.29, 1.82) is 0 Å². The molecule has 1 aliphatic heterocycles. The molecule has 0 aliphatic carbocycles. The maximum Gasteiger partial charge on any atom is 0.311 e. The Hall–Kier alpha value is -3.35. The first-order valence-electron chi connectivity index (χ1n) is 9.43. The number of nitrogens with one attached hydrogen (secondary N) is 1. The minimum atomic E-state index is -0.571. The zero-order valence-corrected chi connectivity index (χ0v) is 16.5. The first-order valence-corrected chi connectivity index (χ1v) is 9.43. The Kier molecular flexibility index (Phi) is 6.49. The summed E-state index contributed by atoms with van der Waals surface area (Å²) >= 11 is 0. The van der Waals surface area contributed by atoms with Gasteiger partial charge in [-0.3, -0.25) is 14.4 Å². The van der Waals surface area contributed by atoms with Crippen LogP contribution in [0.2, 0.25) is 0 Å². The third-order valence-corrected chi connectivity index (χ3v) is 4.94. The molecule has 2 aromatic carbocycles. The zero-order chi connectivity index (χ0) is 20.8. The zero-order valence-electron chi connectivity index (χ0n) is 16.5. The quantitative estimate of drug-likeness (QED) is 0.728. The molecule has 1 aliphatic rings. The second-order valence-electron chi connectivity index (χ2n) is 6.92. The van der Waals surface area contributed by atoms with Crippen LogP contribution in [0.5, 0.6) is 5.75 Å². The Morgan fingerprint density at radius 3 is 2.66 bits per heavy atom. The predicted octanol–water partition coefficient (Wildman–Crippen LogP) is 2.79. The van der Waals surface area contributed by atoms with Gasteiger partial charge in [-0.15, -0.1) is 0 Å². The number of hydrogen-bond acceptors (Lipinski definition) is 5. The second kappa shape index (κ2) is 9.23. The fourth-order valence-corrected chi connectivity index (χ4v) is 3.33. The van der Waals surface area contributed by atoms with E-state index in [0.29, 0.717) is 11.4 Å². The normalized spacial score (nSPS) is 17.0. The van der Waals surface area contributed by atoms with Gasteiger partial charge >= 0.3 is 5.97 Å². The van der Waals surface area contributed by atoms with Crippen LogP contribution < -0.4 is 10.1 Å². The molecule has 1 saturated heterocycles. The summed E-state index contributed by atoms with van der Waals surface area (Å²) < 4.78 is 10.2. The number of carbonyl (C=O) groups is 3. The van der Waals surface area contributed by atoms with E-state index in [4.69, 9.17) is 9.47 Å². The minimum absolute atomic E-state index is 0.0908. The van der Waals surface area contributed by atoms with Crippen LogP contribution in [0.25, 0.3) is 0 Å². The van der Waals surface area contributed by atoms with E-state index in [0.717, 1.165) is 5.56 Å². The Labute approximate surface area is 169 Å². The second-order valence-corrected chi connectivity index (χ2v) is 6.92. The summed E-state index contributed by atoms with van der Waals surface area (Å²) in [4.78, 5) is 38.4.